The van der Waals surface area contributed by atoms with Gasteiger partial charge in [-0.2, -0.15) is 5.10 Å². The van der Waals surface area contributed by atoms with Gasteiger partial charge < -0.3 is 5.32 Å². The largest absolute Gasteiger partial charge is 0.354 e. The Morgan fingerprint density at radius 3 is 2.77 bits per heavy atom. The molecule has 0 spiro atoms. The van der Waals surface area contributed by atoms with Crippen molar-refractivity contribution in [3.8, 4) is 11.3 Å². The predicted octanol–water partition coefficient (Wildman–Crippen LogP) is 2.38. The monoisotopic (exact) mass is 353 g/mol. The highest BCUT2D eigenvalue weighted by atomic mass is 19.1. The standard InChI is InChI=1S/C20H20FN3O2/c21-17-4-2-1-3-16(17)18-7-8-20(26)24(23-18)12-19(25)22-11-15-10-13-5-6-14(15)9-13/h1-8,13-15H,9-12H2,(H,22,25)/t13-,14+,15-/m0/s1. The summed E-state index contributed by atoms with van der Waals surface area (Å²) < 4.78 is 15.0. The van der Waals surface area contributed by atoms with Crippen molar-refractivity contribution < 1.29 is 9.18 Å². The van der Waals surface area contributed by atoms with E-state index in [9.17, 15) is 14.0 Å². The summed E-state index contributed by atoms with van der Waals surface area (Å²) in [5, 5.41) is 7.06. The number of nitrogens with one attached hydrogen (secondary N) is 1. The lowest BCUT2D eigenvalue weighted by Crippen LogP contribution is -2.36. The molecule has 1 saturated carbocycles. The smallest absolute Gasteiger partial charge is 0.267 e. The van der Waals surface area contributed by atoms with Gasteiger partial charge in [0.2, 0.25) is 5.91 Å². The number of nitrogens with zero attached hydrogens (tertiary/aromatic N) is 2. The number of fused-ring (bicyclic) bond motifs is 2. The molecule has 1 amide bonds. The fourth-order valence-electron chi connectivity index (χ4n) is 3.94. The first-order valence-electron chi connectivity index (χ1n) is 8.88. The van der Waals surface area contributed by atoms with Crippen molar-refractivity contribution in [3.05, 3.63) is 64.7 Å². The molecule has 1 heterocycles. The number of allylic oxidation sites excluding steroid dienone is 2. The second-order valence-electron chi connectivity index (χ2n) is 7.04. The van der Waals surface area contributed by atoms with E-state index in [2.05, 4.69) is 22.6 Å². The molecule has 1 N–H and O–H groups in total. The van der Waals surface area contributed by atoms with Gasteiger partial charge in [-0.1, -0.05) is 24.3 Å². The topological polar surface area (TPSA) is 64.0 Å². The molecule has 0 saturated heterocycles. The fourth-order valence-corrected chi connectivity index (χ4v) is 3.94. The van der Waals surface area contributed by atoms with Crippen molar-refractivity contribution in [2.45, 2.75) is 19.4 Å². The molecular formula is C20H20FN3O2. The normalized spacial score (nSPS) is 23.3. The summed E-state index contributed by atoms with van der Waals surface area (Å²) in [5.74, 6) is 1.02. The minimum Gasteiger partial charge on any atom is -0.354 e. The maximum Gasteiger partial charge on any atom is 0.267 e. The summed E-state index contributed by atoms with van der Waals surface area (Å²) in [6, 6.07) is 9.00. The van der Waals surface area contributed by atoms with Gasteiger partial charge in [-0.15, -0.1) is 0 Å². The fraction of sp³-hybridized carbons (Fsp3) is 0.350. The zero-order chi connectivity index (χ0) is 18.1. The highest BCUT2D eigenvalue weighted by Gasteiger charge is 2.35. The average Bonchev–Trinajstić information content (AvgIpc) is 3.25. The lowest BCUT2D eigenvalue weighted by molar-refractivity contribution is -0.122. The van der Waals surface area contributed by atoms with Crippen molar-refractivity contribution in [1.82, 2.24) is 15.1 Å². The minimum absolute atomic E-state index is 0.169. The van der Waals surface area contributed by atoms with E-state index in [1.807, 2.05) is 0 Å². The first kappa shape index (κ1) is 16.7. The van der Waals surface area contributed by atoms with Crippen LogP contribution in [0.15, 0.2) is 53.3 Å². The van der Waals surface area contributed by atoms with Gasteiger partial charge in [-0.3, -0.25) is 9.59 Å². The summed E-state index contributed by atoms with van der Waals surface area (Å²) >= 11 is 0. The van der Waals surface area contributed by atoms with Crippen LogP contribution in [-0.2, 0) is 11.3 Å². The van der Waals surface area contributed by atoms with E-state index in [1.54, 1.807) is 18.2 Å². The Morgan fingerprint density at radius 2 is 2.04 bits per heavy atom. The van der Waals surface area contributed by atoms with Gasteiger partial charge in [0.25, 0.3) is 5.56 Å². The molecule has 3 atom stereocenters. The number of benzene rings is 1. The summed E-state index contributed by atoms with van der Waals surface area (Å²) in [7, 11) is 0. The molecule has 1 fully saturated rings. The number of hydrogen-bond acceptors (Lipinski definition) is 3. The van der Waals surface area contributed by atoms with E-state index in [-0.39, 0.29) is 18.0 Å². The number of amides is 1. The van der Waals surface area contributed by atoms with Gasteiger partial charge in [-0.05, 0) is 48.8 Å². The van der Waals surface area contributed by atoms with E-state index in [4.69, 9.17) is 0 Å². The van der Waals surface area contributed by atoms with Crippen molar-refractivity contribution >= 4 is 5.91 Å². The number of hydrogen-bond donors (Lipinski definition) is 1. The summed E-state index contributed by atoms with van der Waals surface area (Å²) in [6.07, 6.45) is 6.81. The van der Waals surface area contributed by atoms with Gasteiger partial charge in [0.1, 0.15) is 12.4 Å². The molecule has 4 rings (SSSR count). The predicted molar refractivity (Wildman–Crippen MR) is 95.7 cm³/mol. The maximum absolute atomic E-state index is 13.9. The van der Waals surface area contributed by atoms with Crippen LogP contribution in [0.25, 0.3) is 11.3 Å². The van der Waals surface area contributed by atoms with Gasteiger partial charge in [0.15, 0.2) is 0 Å². The molecule has 0 aliphatic heterocycles. The van der Waals surface area contributed by atoms with Crippen molar-refractivity contribution in [2.24, 2.45) is 17.8 Å². The van der Waals surface area contributed by atoms with Crippen LogP contribution >= 0.6 is 0 Å². The maximum atomic E-state index is 13.9. The molecule has 0 radical (unpaired) electrons. The molecule has 26 heavy (non-hydrogen) atoms. The highest BCUT2D eigenvalue weighted by molar-refractivity contribution is 5.75. The molecule has 1 aromatic heterocycles. The van der Waals surface area contributed by atoms with E-state index >= 15 is 0 Å². The third-order valence-electron chi connectivity index (χ3n) is 5.29. The third kappa shape index (κ3) is 3.31. The Bertz CT molecular complexity index is 921. The second-order valence-corrected chi connectivity index (χ2v) is 7.04. The molecule has 1 aromatic carbocycles. The summed E-state index contributed by atoms with van der Waals surface area (Å²) in [4.78, 5) is 24.2. The van der Waals surface area contributed by atoms with E-state index < -0.39 is 5.82 Å². The molecule has 2 bridgehead atoms. The van der Waals surface area contributed by atoms with Gasteiger partial charge >= 0.3 is 0 Å². The lowest BCUT2D eigenvalue weighted by Gasteiger charge is -2.18. The lowest BCUT2D eigenvalue weighted by atomic mass is 9.94. The SMILES string of the molecule is O=C(Cn1nc(-c2ccccc2F)ccc1=O)NC[C@@H]1C[C@H]2C=C[C@@H]1C2. The van der Waals surface area contributed by atoms with Crippen molar-refractivity contribution in [2.75, 3.05) is 6.54 Å². The molecule has 5 nitrogen and oxygen atoms in total. The Kier molecular flexibility index (Phi) is 4.41. The Balaban J connectivity index is 1.43. The highest BCUT2D eigenvalue weighted by Crippen LogP contribution is 2.42. The van der Waals surface area contributed by atoms with Crippen LogP contribution in [-0.4, -0.2) is 22.2 Å². The number of aromatic nitrogens is 2. The molecule has 0 unspecified atom stereocenters. The first-order valence-corrected chi connectivity index (χ1v) is 8.88. The first-order chi connectivity index (χ1) is 12.6. The van der Waals surface area contributed by atoms with Crippen LogP contribution in [0, 0.1) is 23.6 Å². The molecule has 2 aliphatic rings. The molecule has 2 aliphatic carbocycles. The number of halogens is 1. The van der Waals surface area contributed by atoms with E-state index in [1.165, 1.54) is 24.6 Å². The van der Waals surface area contributed by atoms with Crippen LogP contribution in [0.2, 0.25) is 0 Å². The average molecular weight is 353 g/mol. The Hall–Kier alpha value is -2.76. The summed E-state index contributed by atoms with van der Waals surface area (Å²) in [5.41, 5.74) is 0.243. The van der Waals surface area contributed by atoms with Crippen molar-refractivity contribution in [1.29, 1.82) is 0 Å². The second kappa shape index (κ2) is 6.86. The third-order valence-corrected chi connectivity index (χ3v) is 5.29. The summed E-state index contributed by atoms with van der Waals surface area (Å²) in [6.45, 7) is 0.448. The van der Waals surface area contributed by atoms with Crippen LogP contribution in [0.5, 0.6) is 0 Å². The van der Waals surface area contributed by atoms with E-state index in [0.29, 0.717) is 35.6 Å². The van der Waals surface area contributed by atoms with Crippen molar-refractivity contribution in [3.63, 3.8) is 0 Å². The number of carbonyl (C=O) groups excluding carboxylic acids is 1. The number of carbonyl (C=O) groups is 1. The quantitative estimate of drug-likeness (QED) is 0.840. The van der Waals surface area contributed by atoms with Crippen LogP contribution < -0.4 is 10.9 Å². The molecule has 6 heteroatoms. The number of rotatable bonds is 5. The Morgan fingerprint density at radius 1 is 1.19 bits per heavy atom. The van der Waals surface area contributed by atoms with Crippen LogP contribution in [0.3, 0.4) is 0 Å². The molecule has 134 valence electrons. The van der Waals surface area contributed by atoms with Gasteiger partial charge in [-0.25, -0.2) is 9.07 Å². The zero-order valence-electron chi connectivity index (χ0n) is 14.3. The van der Waals surface area contributed by atoms with E-state index in [0.717, 1.165) is 11.1 Å². The van der Waals surface area contributed by atoms with Gasteiger partial charge in [0, 0.05) is 18.2 Å². The van der Waals surface area contributed by atoms with Crippen LogP contribution in [0.1, 0.15) is 12.8 Å². The molecule has 2 aromatic rings. The minimum atomic E-state index is -0.418. The Labute approximate surface area is 150 Å². The molecular weight excluding hydrogens is 333 g/mol. The van der Waals surface area contributed by atoms with Crippen LogP contribution in [0.4, 0.5) is 4.39 Å². The van der Waals surface area contributed by atoms with Gasteiger partial charge in [0.05, 0.1) is 5.69 Å². The zero-order valence-corrected chi connectivity index (χ0v) is 14.3.